The lowest BCUT2D eigenvalue weighted by molar-refractivity contribution is 1.24. The number of azide groups is 1. The van der Waals surface area contributed by atoms with E-state index in [1.54, 1.807) is 0 Å². The Bertz CT molecular complexity index is 610. The number of rotatable bonds is 1. The molecule has 2 aromatic carbocycles. The zero-order valence-corrected chi connectivity index (χ0v) is 8.59. The summed E-state index contributed by atoms with van der Waals surface area (Å²) in [5, 5.41) is 3.74. The second-order valence-electron chi connectivity index (χ2n) is 3.83. The third-order valence-corrected chi connectivity index (χ3v) is 2.98. The van der Waals surface area contributed by atoms with Crippen molar-refractivity contribution in [1.82, 2.24) is 0 Å². The minimum Gasteiger partial charge on any atom is -0.0619 e. The molecule has 3 nitrogen and oxygen atoms in total. The molecule has 0 atom stereocenters. The normalized spacial score (nSPS) is 11.5. The molecule has 3 heteroatoms. The second-order valence-corrected chi connectivity index (χ2v) is 3.83. The molecule has 76 valence electrons. The summed E-state index contributed by atoms with van der Waals surface area (Å²) in [6, 6.07) is 14.2. The second kappa shape index (κ2) is 3.40. The highest BCUT2D eigenvalue weighted by Gasteiger charge is 2.19. The van der Waals surface area contributed by atoms with Crippen LogP contribution in [-0.4, -0.2) is 0 Å². The molecule has 1 aliphatic rings. The molecule has 16 heavy (non-hydrogen) atoms. The summed E-state index contributed by atoms with van der Waals surface area (Å²) in [6.07, 6.45) is 0.862. The number of nitrogens with zero attached hydrogens (tertiary/aromatic N) is 3. The van der Waals surface area contributed by atoms with Crippen LogP contribution in [0.25, 0.3) is 21.6 Å². The van der Waals surface area contributed by atoms with Crippen molar-refractivity contribution in [2.24, 2.45) is 5.11 Å². The standard InChI is InChI=1S/C13H9N3/c14-16-15-13-7-3-6-11-10-5-2-1-4-9(10)8-12(11)13/h1-7H,8H2. The average molecular weight is 207 g/mol. The third kappa shape index (κ3) is 1.19. The summed E-state index contributed by atoms with van der Waals surface area (Å²) in [6.45, 7) is 0. The molecule has 0 aromatic heterocycles. The molecule has 0 heterocycles. The Labute approximate surface area is 93.0 Å². The fourth-order valence-corrected chi connectivity index (χ4v) is 2.28. The number of hydrogen-bond acceptors (Lipinski definition) is 1. The lowest BCUT2D eigenvalue weighted by Crippen LogP contribution is -1.80. The molecule has 0 amide bonds. The van der Waals surface area contributed by atoms with E-state index in [1.807, 2.05) is 24.3 Å². The van der Waals surface area contributed by atoms with Crippen LogP contribution in [0.1, 0.15) is 11.1 Å². The summed E-state index contributed by atoms with van der Waals surface area (Å²) < 4.78 is 0. The predicted molar refractivity (Wildman–Crippen MR) is 63.5 cm³/mol. The van der Waals surface area contributed by atoms with Gasteiger partial charge in [0.15, 0.2) is 0 Å². The van der Waals surface area contributed by atoms with Crippen molar-refractivity contribution in [3.8, 4) is 11.1 Å². The molecule has 1 aliphatic carbocycles. The zero-order valence-electron chi connectivity index (χ0n) is 8.59. The quantitative estimate of drug-likeness (QED) is 0.326. The first-order valence-corrected chi connectivity index (χ1v) is 5.15. The van der Waals surface area contributed by atoms with Crippen LogP contribution in [0.2, 0.25) is 0 Å². The van der Waals surface area contributed by atoms with Crippen LogP contribution >= 0.6 is 0 Å². The molecule has 0 N–H and O–H groups in total. The molecule has 3 rings (SSSR count). The maximum absolute atomic E-state index is 8.53. The molecule has 0 unspecified atom stereocenters. The highest BCUT2D eigenvalue weighted by molar-refractivity contribution is 5.80. The zero-order chi connectivity index (χ0) is 11.0. The number of benzene rings is 2. The first kappa shape index (κ1) is 9.01. The van der Waals surface area contributed by atoms with E-state index >= 15 is 0 Å². The Balaban J connectivity index is 2.27. The summed E-state index contributed by atoms with van der Waals surface area (Å²) in [5.74, 6) is 0. The van der Waals surface area contributed by atoms with Gasteiger partial charge in [0.2, 0.25) is 0 Å². The molecule has 0 saturated heterocycles. The largest absolute Gasteiger partial charge is 0.0619 e. The number of hydrogen-bond donors (Lipinski definition) is 0. The van der Waals surface area contributed by atoms with Gasteiger partial charge in [-0.2, -0.15) is 0 Å². The SMILES string of the molecule is [N-]=[N+]=Nc1cccc2c1Cc1ccccc1-2. The molecular weight excluding hydrogens is 198 g/mol. The van der Waals surface area contributed by atoms with Gasteiger partial charge in [-0.05, 0) is 34.2 Å². The lowest BCUT2D eigenvalue weighted by Gasteiger charge is -2.02. The average Bonchev–Trinajstić information content (AvgIpc) is 2.69. The van der Waals surface area contributed by atoms with Crippen LogP contribution in [0.3, 0.4) is 0 Å². The van der Waals surface area contributed by atoms with E-state index < -0.39 is 0 Å². The highest BCUT2D eigenvalue weighted by atomic mass is 15.1. The Morgan fingerprint density at radius 2 is 1.81 bits per heavy atom. The van der Waals surface area contributed by atoms with Gasteiger partial charge in [-0.3, -0.25) is 0 Å². The summed E-state index contributed by atoms with van der Waals surface area (Å²) >= 11 is 0. The van der Waals surface area contributed by atoms with Crippen LogP contribution in [0, 0.1) is 0 Å². The predicted octanol–water partition coefficient (Wildman–Crippen LogP) is 4.20. The minimum atomic E-state index is 0.746. The Kier molecular flexibility index (Phi) is 1.92. The van der Waals surface area contributed by atoms with E-state index in [1.165, 1.54) is 16.7 Å². The minimum absolute atomic E-state index is 0.746. The maximum Gasteiger partial charge on any atom is 0.0416 e. The van der Waals surface area contributed by atoms with Crippen LogP contribution in [0.5, 0.6) is 0 Å². The fourth-order valence-electron chi connectivity index (χ4n) is 2.28. The van der Waals surface area contributed by atoms with E-state index in [0.29, 0.717) is 0 Å². The smallest absolute Gasteiger partial charge is 0.0416 e. The summed E-state index contributed by atoms with van der Waals surface area (Å²) in [5.41, 5.74) is 14.2. The van der Waals surface area contributed by atoms with Crippen molar-refractivity contribution >= 4 is 5.69 Å². The van der Waals surface area contributed by atoms with Crippen molar-refractivity contribution in [1.29, 1.82) is 0 Å². The van der Waals surface area contributed by atoms with Crippen molar-refractivity contribution in [3.63, 3.8) is 0 Å². The third-order valence-electron chi connectivity index (χ3n) is 2.98. The molecule has 0 spiro atoms. The Morgan fingerprint density at radius 1 is 1.00 bits per heavy atom. The maximum atomic E-state index is 8.53. The molecule has 0 fully saturated rings. The van der Waals surface area contributed by atoms with Gasteiger partial charge in [0, 0.05) is 10.6 Å². The van der Waals surface area contributed by atoms with E-state index in [9.17, 15) is 0 Å². The first-order chi connectivity index (χ1) is 7.90. The highest BCUT2D eigenvalue weighted by Crippen LogP contribution is 2.40. The molecular formula is C13H9N3. The van der Waals surface area contributed by atoms with Gasteiger partial charge in [-0.15, -0.1) is 0 Å². The van der Waals surface area contributed by atoms with Crippen molar-refractivity contribution in [2.45, 2.75) is 6.42 Å². The Hall–Kier alpha value is -2.25. The van der Waals surface area contributed by atoms with Gasteiger partial charge in [-0.1, -0.05) is 47.6 Å². The molecule has 0 bridgehead atoms. The summed E-state index contributed by atoms with van der Waals surface area (Å²) in [7, 11) is 0. The lowest BCUT2D eigenvalue weighted by atomic mass is 10.1. The van der Waals surface area contributed by atoms with Gasteiger partial charge in [0.05, 0.1) is 0 Å². The van der Waals surface area contributed by atoms with Crippen LogP contribution < -0.4 is 0 Å². The fraction of sp³-hybridized carbons (Fsp3) is 0.0769. The van der Waals surface area contributed by atoms with Gasteiger partial charge in [-0.25, -0.2) is 0 Å². The van der Waals surface area contributed by atoms with Gasteiger partial charge >= 0.3 is 0 Å². The van der Waals surface area contributed by atoms with E-state index in [4.69, 9.17) is 5.53 Å². The van der Waals surface area contributed by atoms with Crippen molar-refractivity contribution in [2.75, 3.05) is 0 Å². The Morgan fingerprint density at radius 3 is 2.69 bits per heavy atom. The molecule has 0 aliphatic heterocycles. The van der Waals surface area contributed by atoms with Gasteiger partial charge < -0.3 is 0 Å². The molecule has 0 radical (unpaired) electrons. The summed E-state index contributed by atoms with van der Waals surface area (Å²) in [4.78, 5) is 2.87. The van der Waals surface area contributed by atoms with Gasteiger partial charge in [0.25, 0.3) is 0 Å². The van der Waals surface area contributed by atoms with Crippen LogP contribution in [0.15, 0.2) is 47.6 Å². The van der Waals surface area contributed by atoms with Crippen LogP contribution in [-0.2, 0) is 6.42 Å². The van der Waals surface area contributed by atoms with E-state index in [-0.39, 0.29) is 0 Å². The van der Waals surface area contributed by atoms with E-state index in [2.05, 4.69) is 28.2 Å². The first-order valence-electron chi connectivity index (χ1n) is 5.15. The molecule has 2 aromatic rings. The van der Waals surface area contributed by atoms with Gasteiger partial charge in [0.1, 0.15) is 0 Å². The van der Waals surface area contributed by atoms with Crippen LogP contribution in [0.4, 0.5) is 5.69 Å². The van der Waals surface area contributed by atoms with E-state index in [0.717, 1.165) is 17.7 Å². The molecule has 0 saturated carbocycles. The topological polar surface area (TPSA) is 48.8 Å². The van der Waals surface area contributed by atoms with Crippen molar-refractivity contribution in [3.05, 3.63) is 64.0 Å². The number of fused-ring (bicyclic) bond motifs is 3. The monoisotopic (exact) mass is 207 g/mol. The van der Waals surface area contributed by atoms with Crippen molar-refractivity contribution < 1.29 is 0 Å².